The number of benzene rings is 2. The summed E-state index contributed by atoms with van der Waals surface area (Å²) in [7, 11) is 0. The van der Waals surface area contributed by atoms with Crippen LogP contribution in [0.15, 0.2) is 58.6 Å². The van der Waals surface area contributed by atoms with Gasteiger partial charge < -0.3 is 19.8 Å². The van der Waals surface area contributed by atoms with Gasteiger partial charge in [-0.05, 0) is 36.2 Å². The molecule has 152 valence electrons. The Morgan fingerprint density at radius 2 is 1.90 bits per heavy atom. The molecule has 1 aliphatic rings. The van der Waals surface area contributed by atoms with Crippen molar-refractivity contribution >= 4 is 33.4 Å². The normalized spacial score (nSPS) is 18.3. The van der Waals surface area contributed by atoms with Crippen LogP contribution in [-0.2, 0) is 9.59 Å². The molecule has 2 N–H and O–H groups in total. The molecular formula is C22H22BrNO5. The summed E-state index contributed by atoms with van der Waals surface area (Å²) < 4.78 is 6.31. The van der Waals surface area contributed by atoms with Gasteiger partial charge in [-0.2, -0.15) is 0 Å². The van der Waals surface area contributed by atoms with Gasteiger partial charge in [0.15, 0.2) is 0 Å². The van der Waals surface area contributed by atoms with Gasteiger partial charge in [0, 0.05) is 16.6 Å². The number of Topliss-reactive ketones (excluding diaryl/α,β-unsaturated/α-hetero) is 1. The first-order chi connectivity index (χ1) is 14.0. The fraction of sp³-hybridized carbons (Fsp3) is 0.273. The van der Waals surface area contributed by atoms with Gasteiger partial charge >= 0.3 is 0 Å². The van der Waals surface area contributed by atoms with Crippen molar-refractivity contribution in [2.75, 3.05) is 19.8 Å². The molecule has 1 saturated heterocycles. The summed E-state index contributed by atoms with van der Waals surface area (Å²) in [4.78, 5) is 27.0. The number of halogens is 1. The van der Waals surface area contributed by atoms with Crippen LogP contribution in [0.4, 0.5) is 0 Å². The fourth-order valence-corrected chi connectivity index (χ4v) is 3.66. The Labute approximate surface area is 177 Å². The average molecular weight is 460 g/mol. The van der Waals surface area contributed by atoms with Gasteiger partial charge in [0.2, 0.25) is 0 Å². The van der Waals surface area contributed by atoms with E-state index in [0.717, 1.165) is 4.47 Å². The number of ether oxygens (including phenoxy) is 1. The van der Waals surface area contributed by atoms with Crippen molar-refractivity contribution < 1.29 is 24.5 Å². The van der Waals surface area contributed by atoms with Crippen LogP contribution in [0, 0.1) is 0 Å². The van der Waals surface area contributed by atoms with E-state index in [1.165, 1.54) is 4.90 Å². The van der Waals surface area contributed by atoms with Crippen LogP contribution in [0.2, 0.25) is 0 Å². The maximum atomic E-state index is 12.8. The number of rotatable bonds is 7. The molecule has 2 aromatic rings. The molecule has 1 fully saturated rings. The van der Waals surface area contributed by atoms with Crippen LogP contribution in [0.1, 0.15) is 30.5 Å². The molecule has 6 nitrogen and oxygen atoms in total. The lowest BCUT2D eigenvalue weighted by Gasteiger charge is -2.25. The number of amides is 1. The second kappa shape index (κ2) is 9.24. The summed E-state index contributed by atoms with van der Waals surface area (Å²) in [5.74, 6) is -1.02. The van der Waals surface area contributed by atoms with Crippen LogP contribution in [-0.4, -0.2) is 46.6 Å². The van der Waals surface area contributed by atoms with Gasteiger partial charge in [-0.15, -0.1) is 0 Å². The van der Waals surface area contributed by atoms with E-state index in [9.17, 15) is 14.7 Å². The van der Waals surface area contributed by atoms with E-state index >= 15 is 0 Å². The highest BCUT2D eigenvalue weighted by Gasteiger charge is 2.45. The highest BCUT2D eigenvalue weighted by Crippen LogP contribution is 2.40. The van der Waals surface area contributed by atoms with E-state index in [2.05, 4.69) is 15.9 Å². The number of aliphatic hydroxyl groups is 2. The van der Waals surface area contributed by atoms with Crippen molar-refractivity contribution in [1.82, 2.24) is 4.90 Å². The lowest BCUT2D eigenvalue weighted by Crippen LogP contribution is -2.30. The van der Waals surface area contributed by atoms with E-state index in [4.69, 9.17) is 9.84 Å². The highest BCUT2D eigenvalue weighted by molar-refractivity contribution is 9.10. The van der Waals surface area contributed by atoms with Crippen molar-refractivity contribution in [3.63, 3.8) is 0 Å². The van der Waals surface area contributed by atoms with Gasteiger partial charge in [0.25, 0.3) is 11.7 Å². The number of ketones is 1. The molecule has 3 rings (SSSR count). The Morgan fingerprint density at radius 1 is 1.17 bits per heavy atom. The summed E-state index contributed by atoms with van der Waals surface area (Å²) in [5.41, 5.74) is 1.18. The number of hydrogen-bond acceptors (Lipinski definition) is 5. The topological polar surface area (TPSA) is 87.1 Å². The Morgan fingerprint density at radius 3 is 2.55 bits per heavy atom. The standard InChI is InChI=1S/C22H22BrNO5/c1-2-10-24-19(15-4-3-5-17(13-15)29-12-11-25)18(21(27)22(24)28)20(26)14-6-8-16(23)9-7-14/h3-9,13,19,25-26H,2,10-12H2,1H3/b20-18-. The predicted octanol–water partition coefficient (Wildman–Crippen LogP) is 3.65. The van der Waals surface area contributed by atoms with Crippen LogP contribution >= 0.6 is 15.9 Å². The first-order valence-electron chi connectivity index (χ1n) is 9.36. The Balaban J connectivity index is 2.12. The lowest BCUT2D eigenvalue weighted by molar-refractivity contribution is -0.139. The number of carbonyl (C=O) groups is 2. The molecule has 0 aromatic heterocycles. The van der Waals surface area contributed by atoms with E-state index in [1.807, 2.05) is 6.92 Å². The summed E-state index contributed by atoms with van der Waals surface area (Å²) >= 11 is 3.35. The van der Waals surface area contributed by atoms with E-state index in [-0.39, 0.29) is 24.5 Å². The van der Waals surface area contributed by atoms with Crippen molar-refractivity contribution in [3.8, 4) is 5.75 Å². The van der Waals surface area contributed by atoms with E-state index < -0.39 is 17.7 Å². The minimum Gasteiger partial charge on any atom is -0.507 e. The number of nitrogens with zero attached hydrogens (tertiary/aromatic N) is 1. The maximum Gasteiger partial charge on any atom is 0.295 e. The number of likely N-dealkylation sites (tertiary alicyclic amines) is 1. The maximum absolute atomic E-state index is 12.8. The second-order valence-corrected chi connectivity index (χ2v) is 7.56. The lowest BCUT2D eigenvalue weighted by atomic mass is 9.95. The molecule has 0 saturated carbocycles. The zero-order chi connectivity index (χ0) is 21.0. The smallest absolute Gasteiger partial charge is 0.295 e. The molecule has 0 aliphatic carbocycles. The number of hydrogen-bond donors (Lipinski definition) is 2. The Bertz CT molecular complexity index is 938. The van der Waals surface area contributed by atoms with Gasteiger partial charge in [0.1, 0.15) is 18.1 Å². The largest absolute Gasteiger partial charge is 0.507 e. The summed E-state index contributed by atoms with van der Waals surface area (Å²) in [6, 6.07) is 13.2. The molecule has 2 aromatic carbocycles. The Kier molecular flexibility index (Phi) is 6.71. The van der Waals surface area contributed by atoms with Crippen molar-refractivity contribution in [2.24, 2.45) is 0 Å². The Hall–Kier alpha value is -2.64. The number of aliphatic hydroxyl groups excluding tert-OH is 2. The zero-order valence-corrected chi connectivity index (χ0v) is 17.6. The molecule has 0 radical (unpaired) electrons. The van der Waals surface area contributed by atoms with E-state index in [0.29, 0.717) is 29.8 Å². The molecule has 1 unspecified atom stereocenters. The first-order valence-corrected chi connectivity index (χ1v) is 10.1. The molecule has 1 heterocycles. The molecule has 1 aliphatic heterocycles. The van der Waals surface area contributed by atoms with Gasteiger partial charge in [0.05, 0.1) is 18.2 Å². The van der Waals surface area contributed by atoms with Crippen molar-refractivity contribution in [2.45, 2.75) is 19.4 Å². The predicted molar refractivity (Wildman–Crippen MR) is 112 cm³/mol. The average Bonchev–Trinajstić information content (AvgIpc) is 2.98. The summed E-state index contributed by atoms with van der Waals surface area (Å²) in [6.07, 6.45) is 0.669. The molecule has 0 bridgehead atoms. The molecular weight excluding hydrogens is 438 g/mol. The minimum atomic E-state index is -0.712. The molecule has 1 amide bonds. The number of carbonyl (C=O) groups excluding carboxylic acids is 2. The highest BCUT2D eigenvalue weighted by atomic mass is 79.9. The van der Waals surface area contributed by atoms with Gasteiger partial charge in [-0.1, -0.05) is 47.1 Å². The van der Waals surface area contributed by atoms with Crippen molar-refractivity contribution in [3.05, 3.63) is 69.7 Å². The van der Waals surface area contributed by atoms with E-state index in [1.54, 1.807) is 48.5 Å². The first kappa shape index (κ1) is 21.1. The van der Waals surface area contributed by atoms with Gasteiger partial charge in [-0.25, -0.2) is 0 Å². The van der Waals surface area contributed by atoms with Crippen molar-refractivity contribution in [1.29, 1.82) is 0 Å². The summed E-state index contributed by atoms with van der Waals surface area (Å²) in [6.45, 7) is 2.32. The monoisotopic (exact) mass is 459 g/mol. The third-order valence-electron chi connectivity index (χ3n) is 4.66. The fourth-order valence-electron chi connectivity index (χ4n) is 3.40. The SMILES string of the molecule is CCCN1C(=O)C(=O)/C(=C(\O)c2ccc(Br)cc2)C1c1cccc(OCCO)c1. The molecule has 29 heavy (non-hydrogen) atoms. The quantitative estimate of drug-likeness (QED) is 0.374. The van der Waals surface area contributed by atoms with Crippen LogP contribution in [0.3, 0.4) is 0 Å². The molecule has 1 atom stereocenters. The second-order valence-electron chi connectivity index (χ2n) is 6.64. The van der Waals surface area contributed by atoms with Crippen LogP contribution in [0.5, 0.6) is 5.75 Å². The third-order valence-corrected chi connectivity index (χ3v) is 5.18. The van der Waals surface area contributed by atoms with Crippen LogP contribution in [0.25, 0.3) is 5.76 Å². The third kappa shape index (κ3) is 4.36. The van der Waals surface area contributed by atoms with Crippen LogP contribution < -0.4 is 4.74 Å². The molecule has 7 heteroatoms. The van der Waals surface area contributed by atoms with Gasteiger partial charge in [-0.3, -0.25) is 9.59 Å². The molecule has 0 spiro atoms. The zero-order valence-electron chi connectivity index (χ0n) is 16.0. The summed E-state index contributed by atoms with van der Waals surface area (Å²) in [5, 5.41) is 19.9. The minimum absolute atomic E-state index is 0.0603.